The highest BCUT2D eigenvalue weighted by molar-refractivity contribution is 7.98. The van der Waals surface area contributed by atoms with Crippen LogP contribution in [0.4, 0.5) is 5.69 Å². The number of hydrogen-bond donors (Lipinski definition) is 2. The van der Waals surface area contributed by atoms with Gasteiger partial charge in [-0.25, -0.2) is 9.97 Å². The third-order valence-electron chi connectivity index (χ3n) is 3.49. The van der Waals surface area contributed by atoms with Crippen molar-refractivity contribution in [1.29, 1.82) is 0 Å². The maximum Gasteiger partial charge on any atom is 0.251 e. The minimum absolute atomic E-state index is 0.211. The third kappa shape index (κ3) is 4.60. The molecule has 8 heteroatoms. The number of thioether (sulfide) groups is 1. The van der Waals surface area contributed by atoms with Crippen molar-refractivity contribution in [3.63, 3.8) is 0 Å². The molecule has 0 saturated carbocycles. The van der Waals surface area contributed by atoms with Crippen LogP contribution in [0.3, 0.4) is 0 Å². The number of benzene rings is 1. The van der Waals surface area contributed by atoms with Crippen molar-refractivity contribution < 1.29 is 9.53 Å². The Bertz CT molecular complexity index is 938. The van der Waals surface area contributed by atoms with Gasteiger partial charge in [0, 0.05) is 17.5 Å². The van der Waals surface area contributed by atoms with Crippen LogP contribution in [-0.2, 0) is 15.3 Å². The van der Waals surface area contributed by atoms with Crippen LogP contribution in [0.1, 0.15) is 19.4 Å². The summed E-state index contributed by atoms with van der Waals surface area (Å²) >= 11 is 1.60. The van der Waals surface area contributed by atoms with Gasteiger partial charge in [-0.1, -0.05) is 12.1 Å². The van der Waals surface area contributed by atoms with Crippen molar-refractivity contribution in [1.82, 2.24) is 20.2 Å². The molecule has 0 aliphatic heterocycles. The topological polar surface area (TPSA) is 92.8 Å². The smallest absolute Gasteiger partial charge is 0.251 e. The predicted octanol–water partition coefficient (Wildman–Crippen LogP) is 3.52. The molecule has 0 aliphatic carbocycles. The number of fused-ring (bicyclic) bond motifs is 1. The van der Waals surface area contributed by atoms with Gasteiger partial charge in [0.05, 0.1) is 23.9 Å². The van der Waals surface area contributed by atoms with Crippen LogP contribution in [0.15, 0.2) is 53.7 Å². The fourth-order valence-corrected chi connectivity index (χ4v) is 3.29. The molecule has 134 valence electrons. The molecular weight excluding hydrogens is 350 g/mol. The molecule has 0 unspecified atom stereocenters. The number of nitrogens with zero attached hydrogens (tertiary/aromatic N) is 3. The van der Waals surface area contributed by atoms with Crippen LogP contribution in [-0.4, -0.2) is 32.7 Å². The number of aromatic amines is 1. The van der Waals surface area contributed by atoms with E-state index < -0.39 is 0 Å². The number of rotatable bonds is 7. The molecule has 0 bridgehead atoms. The summed E-state index contributed by atoms with van der Waals surface area (Å²) < 4.78 is 5.27. The van der Waals surface area contributed by atoms with E-state index in [0.717, 1.165) is 33.1 Å². The largest absolute Gasteiger partial charge is 0.498 e. The first-order chi connectivity index (χ1) is 12.7. The van der Waals surface area contributed by atoms with E-state index in [9.17, 15) is 4.79 Å². The fraction of sp³-hybridized carbons (Fsp3) is 0.222. The molecule has 2 aromatic heterocycles. The molecule has 1 aromatic carbocycles. The van der Waals surface area contributed by atoms with Crippen molar-refractivity contribution in [2.45, 2.75) is 24.6 Å². The molecule has 2 N–H and O–H groups in total. The molecule has 7 nitrogen and oxygen atoms in total. The number of anilines is 1. The second-order valence-corrected chi connectivity index (χ2v) is 6.44. The van der Waals surface area contributed by atoms with Gasteiger partial charge in [-0.05, 0) is 31.5 Å². The second-order valence-electron chi connectivity index (χ2n) is 5.48. The quantitative estimate of drug-likeness (QED) is 0.286. The average molecular weight is 369 g/mol. The van der Waals surface area contributed by atoms with E-state index in [1.807, 2.05) is 31.2 Å². The highest BCUT2D eigenvalue weighted by atomic mass is 32.2. The third-order valence-corrected chi connectivity index (χ3v) is 4.56. The zero-order valence-electron chi connectivity index (χ0n) is 14.5. The molecule has 0 saturated heterocycles. The lowest BCUT2D eigenvalue weighted by Crippen LogP contribution is -2.09. The van der Waals surface area contributed by atoms with Gasteiger partial charge in [0.1, 0.15) is 11.4 Å². The first-order valence-corrected chi connectivity index (χ1v) is 9.12. The number of hydrogen-bond acceptors (Lipinski definition) is 6. The molecule has 1 amide bonds. The van der Waals surface area contributed by atoms with Gasteiger partial charge in [0.2, 0.25) is 0 Å². The summed E-state index contributed by atoms with van der Waals surface area (Å²) in [5.74, 6) is 1.09. The van der Waals surface area contributed by atoms with E-state index >= 15 is 0 Å². The molecule has 0 spiro atoms. The van der Waals surface area contributed by atoms with Crippen molar-refractivity contribution in [3.8, 4) is 0 Å². The van der Waals surface area contributed by atoms with Crippen molar-refractivity contribution in [3.05, 3.63) is 54.2 Å². The summed E-state index contributed by atoms with van der Waals surface area (Å²) in [6, 6.07) is 7.73. The molecule has 3 rings (SSSR count). The van der Waals surface area contributed by atoms with Crippen LogP contribution in [0.25, 0.3) is 11.0 Å². The summed E-state index contributed by atoms with van der Waals surface area (Å²) in [6.45, 7) is 4.18. The summed E-state index contributed by atoms with van der Waals surface area (Å²) in [6.07, 6.45) is 4.69. The molecule has 0 fully saturated rings. The van der Waals surface area contributed by atoms with Crippen LogP contribution in [0.2, 0.25) is 0 Å². The Morgan fingerprint density at radius 2 is 2.27 bits per heavy atom. The number of amides is 1. The first kappa shape index (κ1) is 17.9. The number of aromatic nitrogens is 4. The van der Waals surface area contributed by atoms with Crippen LogP contribution < -0.4 is 5.32 Å². The fourth-order valence-electron chi connectivity index (χ4n) is 2.38. The minimum atomic E-state index is -0.211. The Morgan fingerprint density at radius 3 is 3.12 bits per heavy atom. The summed E-state index contributed by atoms with van der Waals surface area (Å²) in [7, 11) is 0. The number of carbonyl (C=O) groups excluding carboxylic acids is 1. The van der Waals surface area contributed by atoms with E-state index in [1.54, 1.807) is 24.9 Å². The van der Waals surface area contributed by atoms with Crippen molar-refractivity contribution >= 4 is 34.4 Å². The average Bonchev–Trinajstić information content (AvgIpc) is 3.09. The van der Waals surface area contributed by atoms with Gasteiger partial charge in [0.25, 0.3) is 5.91 Å². The minimum Gasteiger partial charge on any atom is -0.498 e. The Hall–Kier alpha value is -2.87. The highest BCUT2D eigenvalue weighted by Gasteiger charge is 2.07. The zero-order valence-corrected chi connectivity index (χ0v) is 15.3. The van der Waals surface area contributed by atoms with E-state index in [0.29, 0.717) is 12.4 Å². The number of nitrogens with one attached hydrogen (secondary N) is 2. The number of ether oxygens (including phenoxy) is 1. The van der Waals surface area contributed by atoms with Gasteiger partial charge in [-0.15, -0.1) is 11.8 Å². The van der Waals surface area contributed by atoms with Crippen LogP contribution >= 0.6 is 11.8 Å². The van der Waals surface area contributed by atoms with Crippen molar-refractivity contribution in [2.75, 3.05) is 11.9 Å². The van der Waals surface area contributed by atoms with E-state index in [2.05, 4.69) is 25.5 Å². The lowest BCUT2D eigenvalue weighted by Gasteiger charge is -2.07. The monoisotopic (exact) mass is 369 g/mol. The van der Waals surface area contributed by atoms with Gasteiger partial charge >= 0.3 is 0 Å². The predicted molar refractivity (Wildman–Crippen MR) is 102 cm³/mol. The van der Waals surface area contributed by atoms with Gasteiger partial charge < -0.3 is 10.1 Å². The summed E-state index contributed by atoms with van der Waals surface area (Å²) in [4.78, 5) is 20.5. The number of H-pyrrole nitrogens is 1. The molecular formula is C18H19N5O2S. The summed E-state index contributed by atoms with van der Waals surface area (Å²) in [5.41, 5.74) is 2.54. The van der Waals surface area contributed by atoms with Gasteiger partial charge in [-0.3, -0.25) is 9.89 Å². The standard InChI is InChI=1S/C18H19N5O2S/c1-3-25-12(2)7-16(24)22-14-6-4-5-13(8-14)10-26-18-15-9-21-23-17(15)19-11-20-18/h4-9,11H,3,10H2,1-2H3,(H,22,24)(H,19,20,21,23)/b12-7+. The van der Waals surface area contributed by atoms with E-state index in [-0.39, 0.29) is 5.91 Å². The molecule has 3 aromatic rings. The SMILES string of the molecule is CCO/C(C)=C/C(=O)Nc1cccc(CSc2ncnc3[nH]ncc23)c1. The summed E-state index contributed by atoms with van der Waals surface area (Å²) in [5, 5.41) is 11.5. The van der Waals surface area contributed by atoms with Gasteiger partial charge in [-0.2, -0.15) is 5.10 Å². The molecule has 0 aliphatic rings. The lowest BCUT2D eigenvalue weighted by atomic mass is 10.2. The zero-order chi connectivity index (χ0) is 18.4. The Balaban J connectivity index is 1.65. The van der Waals surface area contributed by atoms with Crippen LogP contribution in [0, 0.1) is 0 Å². The van der Waals surface area contributed by atoms with Crippen LogP contribution in [0.5, 0.6) is 0 Å². The Kier molecular flexibility index (Phi) is 5.85. The Morgan fingerprint density at radius 1 is 1.38 bits per heavy atom. The lowest BCUT2D eigenvalue weighted by molar-refractivity contribution is -0.112. The Labute approximate surface area is 155 Å². The highest BCUT2D eigenvalue weighted by Crippen LogP contribution is 2.27. The second kappa shape index (κ2) is 8.48. The molecule has 0 atom stereocenters. The molecule has 0 radical (unpaired) electrons. The first-order valence-electron chi connectivity index (χ1n) is 8.13. The molecule has 26 heavy (non-hydrogen) atoms. The maximum atomic E-state index is 12.0. The van der Waals surface area contributed by atoms with Crippen molar-refractivity contribution in [2.24, 2.45) is 0 Å². The number of allylic oxidation sites excluding steroid dienone is 1. The molecule has 2 heterocycles. The maximum absolute atomic E-state index is 12.0. The van der Waals surface area contributed by atoms with Gasteiger partial charge in [0.15, 0.2) is 5.65 Å². The normalized spacial score (nSPS) is 11.5. The van der Waals surface area contributed by atoms with E-state index in [4.69, 9.17) is 4.74 Å². The number of carbonyl (C=O) groups is 1. The van der Waals surface area contributed by atoms with E-state index in [1.165, 1.54) is 12.4 Å².